The number of aromatic nitrogens is 2. The van der Waals surface area contributed by atoms with Crippen molar-refractivity contribution in [2.45, 2.75) is 0 Å². The minimum absolute atomic E-state index is 0.232. The maximum absolute atomic E-state index is 13.2. The van der Waals surface area contributed by atoms with Gasteiger partial charge in [-0.25, -0.2) is 18.7 Å². The molecule has 2 heterocycles. The average Bonchev–Trinajstić information content (AvgIpc) is 3.14. The maximum Gasteiger partial charge on any atom is 0.328 e. The summed E-state index contributed by atoms with van der Waals surface area (Å²) < 4.78 is 15.1. The van der Waals surface area contributed by atoms with Crippen LogP contribution in [0.2, 0.25) is 0 Å². The number of halogens is 1. The predicted molar refractivity (Wildman–Crippen MR) is 115 cm³/mol. The van der Waals surface area contributed by atoms with Gasteiger partial charge in [0.15, 0.2) is 5.82 Å². The first kappa shape index (κ1) is 22.0. The topological polar surface area (TPSA) is 98.9 Å². The lowest BCUT2D eigenvalue weighted by Gasteiger charge is -2.32. The molecule has 2 N–H and O–H groups in total. The highest BCUT2D eigenvalue weighted by Crippen LogP contribution is 2.29. The van der Waals surface area contributed by atoms with Gasteiger partial charge in [0.25, 0.3) is 0 Å². The third-order valence-electron chi connectivity index (χ3n) is 4.81. The highest BCUT2D eigenvalue weighted by atomic mass is 19.1. The summed E-state index contributed by atoms with van der Waals surface area (Å²) in [5.41, 5.74) is 1.93. The van der Waals surface area contributed by atoms with Crippen molar-refractivity contribution in [3.05, 3.63) is 66.5 Å². The maximum atomic E-state index is 13.2. The molecule has 0 atom stereocenters. The molecular formula is C22H23FN4O4. The lowest BCUT2D eigenvalue weighted by Crippen LogP contribution is -2.44. The number of para-hydroxylation sites is 1. The standard InChI is InChI=1S/C18H19FN4.C4H4O4/c1-21-10-12-22(13-11-21)18-16-4-2-3-5-17(16)23(20-18)15-8-6-14(19)7-9-15;5-3(6)1-2-4(7)8/h2-9H,10-13H2,1H3;1-2H,(H,5,6)(H,7,8)/b;2-1+. The van der Waals surface area contributed by atoms with Crippen molar-refractivity contribution in [3.8, 4) is 5.69 Å². The van der Waals surface area contributed by atoms with Crippen LogP contribution < -0.4 is 4.90 Å². The third kappa shape index (κ3) is 5.67. The zero-order valence-electron chi connectivity index (χ0n) is 17.0. The monoisotopic (exact) mass is 426 g/mol. The number of fused-ring (bicyclic) bond motifs is 1. The van der Waals surface area contributed by atoms with Crippen molar-refractivity contribution in [3.63, 3.8) is 0 Å². The molecule has 1 fully saturated rings. The number of anilines is 1. The van der Waals surface area contributed by atoms with Gasteiger partial charge in [-0.1, -0.05) is 12.1 Å². The summed E-state index contributed by atoms with van der Waals surface area (Å²) in [6.07, 6.45) is 1.12. The number of hydrogen-bond donors (Lipinski definition) is 2. The van der Waals surface area contributed by atoms with Crippen molar-refractivity contribution < 1.29 is 24.2 Å². The molecule has 3 aromatic rings. The number of nitrogens with zero attached hydrogens (tertiary/aromatic N) is 4. The van der Waals surface area contributed by atoms with Crippen LogP contribution in [0.15, 0.2) is 60.7 Å². The van der Waals surface area contributed by atoms with Gasteiger partial charge >= 0.3 is 11.9 Å². The van der Waals surface area contributed by atoms with Gasteiger partial charge in [0, 0.05) is 43.7 Å². The van der Waals surface area contributed by atoms with Gasteiger partial charge in [-0.15, -0.1) is 5.10 Å². The summed E-state index contributed by atoms with van der Waals surface area (Å²) >= 11 is 0. The van der Waals surface area contributed by atoms with E-state index in [0.29, 0.717) is 12.2 Å². The molecule has 1 aliphatic rings. The van der Waals surface area contributed by atoms with Crippen LogP contribution in [-0.4, -0.2) is 70.1 Å². The van der Waals surface area contributed by atoms with Gasteiger partial charge in [-0.2, -0.15) is 0 Å². The minimum atomic E-state index is -1.26. The molecule has 1 saturated heterocycles. The normalized spacial score (nSPS) is 14.5. The summed E-state index contributed by atoms with van der Waals surface area (Å²) in [6, 6.07) is 14.7. The Hall–Kier alpha value is -3.72. The SMILES string of the molecule is CN1CCN(c2nn(-c3ccc(F)cc3)c3ccccc23)CC1.O=C(O)/C=C/C(=O)O. The molecule has 0 bridgehead atoms. The second-order valence-electron chi connectivity index (χ2n) is 7.03. The number of rotatable bonds is 4. The molecular weight excluding hydrogens is 403 g/mol. The lowest BCUT2D eigenvalue weighted by atomic mass is 10.2. The van der Waals surface area contributed by atoms with Crippen molar-refractivity contribution in [1.29, 1.82) is 0 Å². The molecule has 2 aromatic carbocycles. The Morgan fingerprint density at radius 3 is 2.10 bits per heavy atom. The van der Waals surface area contributed by atoms with E-state index in [2.05, 4.69) is 29.0 Å². The molecule has 4 rings (SSSR count). The first-order valence-corrected chi connectivity index (χ1v) is 9.66. The van der Waals surface area contributed by atoms with Gasteiger partial charge in [0.1, 0.15) is 5.82 Å². The van der Waals surface area contributed by atoms with Crippen LogP contribution in [0.5, 0.6) is 0 Å². The first-order valence-electron chi connectivity index (χ1n) is 9.66. The molecule has 8 nitrogen and oxygen atoms in total. The van der Waals surface area contributed by atoms with Crippen molar-refractivity contribution in [1.82, 2.24) is 14.7 Å². The van der Waals surface area contributed by atoms with E-state index in [1.165, 1.54) is 12.1 Å². The zero-order chi connectivity index (χ0) is 22.4. The zero-order valence-corrected chi connectivity index (χ0v) is 17.0. The van der Waals surface area contributed by atoms with E-state index in [4.69, 9.17) is 15.3 Å². The average molecular weight is 426 g/mol. The number of likely N-dealkylation sites (N-methyl/N-ethyl adjacent to an activating group) is 1. The summed E-state index contributed by atoms with van der Waals surface area (Å²) in [6.45, 7) is 4.03. The number of hydrogen-bond acceptors (Lipinski definition) is 5. The van der Waals surface area contributed by atoms with Crippen molar-refractivity contribution in [2.75, 3.05) is 38.1 Å². The molecule has 9 heteroatoms. The Balaban J connectivity index is 0.000000293. The van der Waals surface area contributed by atoms with Crippen LogP contribution in [-0.2, 0) is 9.59 Å². The number of carbonyl (C=O) groups is 2. The fourth-order valence-electron chi connectivity index (χ4n) is 3.22. The Morgan fingerprint density at radius 1 is 0.935 bits per heavy atom. The molecule has 1 aromatic heterocycles. The predicted octanol–water partition coefficient (Wildman–Crippen LogP) is 2.63. The molecule has 162 valence electrons. The number of carboxylic acid groups (broad SMARTS) is 2. The highest BCUT2D eigenvalue weighted by Gasteiger charge is 2.20. The van der Waals surface area contributed by atoms with Crippen molar-refractivity contribution >= 4 is 28.7 Å². The number of aliphatic carboxylic acids is 2. The van der Waals surface area contributed by atoms with E-state index >= 15 is 0 Å². The number of benzene rings is 2. The molecule has 0 amide bonds. The largest absolute Gasteiger partial charge is 0.478 e. The van der Waals surface area contributed by atoms with Gasteiger partial charge in [0.2, 0.25) is 0 Å². The van der Waals surface area contributed by atoms with E-state index in [1.807, 2.05) is 16.8 Å². The number of carboxylic acids is 2. The van der Waals surface area contributed by atoms with Gasteiger partial charge < -0.3 is 20.0 Å². The first-order chi connectivity index (χ1) is 14.8. The molecule has 0 unspecified atom stereocenters. The van der Waals surface area contributed by atoms with Gasteiger partial charge in [-0.3, -0.25) is 0 Å². The van der Waals surface area contributed by atoms with E-state index < -0.39 is 11.9 Å². The smallest absolute Gasteiger partial charge is 0.328 e. The summed E-state index contributed by atoms with van der Waals surface area (Å²) in [5.74, 6) is -1.73. The van der Waals surface area contributed by atoms with Crippen LogP contribution in [0.4, 0.5) is 10.2 Å². The molecule has 31 heavy (non-hydrogen) atoms. The Bertz CT molecular complexity index is 1070. The van der Waals surface area contributed by atoms with E-state index in [-0.39, 0.29) is 5.82 Å². The summed E-state index contributed by atoms with van der Waals surface area (Å²) in [5, 5.41) is 21.6. The Morgan fingerprint density at radius 2 is 1.52 bits per heavy atom. The lowest BCUT2D eigenvalue weighted by molar-refractivity contribution is -0.134. The third-order valence-corrected chi connectivity index (χ3v) is 4.81. The fraction of sp³-hybridized carbons (Fsp3) is 0.227. The quantitative estimate of drug-likeness (QED) is 0.619. The molecule has 1 aliphatic heterocycles. The molecule has 0 spiro atoms. The van der Waals surface area contributed by atoms with Crippen LogP contribution in [0.25, 0.3) is 16.6 Å². The van der Waals surface area contributed by atoms with E-state index in [0.717, 1.165) is 48.6 Å². The minimum Gasteiger partial charge on any atom is -0.478 e. The second-order valence-corrected chi connectivity index (χ2v) is 7.03. The number of piperazine rings is 1. The van der Waals surface area contributed by atoms with Crippen molar-refractivity contribution in [2.24, 2.45) is 0 Å². The van der Waals surface area contributed by atoms with Gasteiger partial charge in [0.05, 0.1) is 11.2 Å². The Kier molecular flexibility index (Phi) is 6.99. The fourth-order valence-corrected chi connectivity index (χ4v) is 3.22. The van der Waals surface area contributed by atoms with E-state index in [9.17, 15) is 14.0 Å². The van der Waals surface area contributed by atoms with Crippen LogP contribution in [0, 0.1) is 5.82 Å². The molecule has 0 aliphatic carbocycles. The molecule has 0 saturated carbocycles. The van der Waals surface area contributed by atoms with Crippen LogP contribution in [0.1, 0.15) is 0 Å². The Labute approximate surface area is 178 Å². The van der Waals surface area contributed by atoms with Crippen LogP contribution in [0.3, 0.4) is 0 Å². The van der Waals surface area contributed by atoms with E-state index in [1.54, 1.807) is 12.1 Å². The summed E-state index contributed by atoms with van der Waals surface area (Å²) in [4.78, 5) is 23.8. The van der Waals surface area contributed by atoms with Crippen LogP contribution >= 0.6 is 0 Å². The molecule has 0 radical (unpaired) electrons. The highest BCUT2D eigenvalue weighted by molar-refractivity contribution is 5.92. The summed E-state index contributed by atoms with van der Waals surface area (Å²) in [7, 11) is 2.15. The second kappa shape index (κ2) is 9.86. The van der Waals surface area contributed by atoms with Gasteiger partial charge in [-0.05, 0) is 43.4 Å².